The molecule has 0 amide bonds. The molecule has 0 spiro atoms. The van der Waals surface area contributed by atoms with Gasteiger partial charge in [-0.15, -0.1) is 0 Å². The Balaban J connectivity index is 2.58. The summed E-state index contributed by atoms with van der Waals surface area (Å²) in [4.78, 5) is 0. The highest BCUT2D eigenvalue weighted by molar-refractivity contribution is 6.36. The van der Waals surface area contributed by atoms with Crippen LogP contribution in [0.25, 0.3) is 0 Å². The molecule has 1 radical (unpaired) electrons. The van der Waals surface area contributed by atoms with Crippen LogP contribution in [0.5, 0.6) is 5.75 Å². The second-order valence-corrected chi connectivity index (χ2v) is 4.96. The predicted octanol–water partition coefficient (Wildman–Crippen LogP) is 2.83. The van der Waals surface area contributed by atoms with E-state index in [1.807, 2.05) is 45.0 Å². The van der Waals surface area contributed by atoms with Crippen LogP contribution in [0.15, 0.2) is 24.3 Å². The molecule has 1 unspecified atom stereocenters. The van der Waals surface area contributed by atoms with Crippen molar-refractivity contribution in [1.29, 1.82) is 0 Å². The molecule has 1 aromatic rings. The number of ether oxygens (including phenoxy) is 1. The zero-order valence-corrected chi connectivity index (χ0v) is 12.4. The van der Waals surface area contributed by atoms with Crippen LogP contribution in [0, 0.1) is 0 Å². The maximum atomic E-state index is 5.81. The third-order valence-corrected chi connectivity index (χ3v) is 3.98. The minimum Gasteiger partial charge on any atom is -0.497 e. The zero-order valence-electron chi connectivity index (χ0n) is 11.4. The molecule has 0 heterocycles. The molecule has 0 N–H and O–H groups in total. The van der Waals surface area contributed by atoms with Gasteiger partial charge in [-0.3, -0.25) is 0 Å². The summed E-state index contributed by atoms with van der Waals surface area (Å²) < 4.78 is 21.8. The first-order valence-electron chi connectivity index (χ1n) is 6.14. The first-order valence-corrected chi connectivity index (χ1v) is 7.36. The first kappa shape index (κ1) is 15.2. The van der Waals surface area contributed by atoms with Crippen LogP contribution in [-0.4, -0.2) is 29.9 Å². The Kier molecular flexibility index (Phi) is 6.96. The smallest absolute Gasteiger partial charge is 0.497 e. The van der Waals surface area contributed by atoms with Crippen molar-refractivity contribution in [2.24, 2.45) is 0 Å². The summed E-state index contributed by atoms with van der Waals surface area (Å²) in [5, 5.41) is 0. The average Bonchev–Trinajstić information content (AvgIpc) is 2.39. The van der Waals surface area contributed by atoms with Crippen LogP contribution in [-0.2, 0) is 13.3 Å². The molecule has 0 aromatic heterocycles. The van der Waals surface area contributed by atoms with Crippen molar-refractivity contribution >= 4 is 9.53 Å². The number of methoxy groups -OCH3 is 1. The molecule has 0 aliphatic carbocycles. The van der Waals surface area contributed by atoms with E-state index in [2.05, 4.69) is 0 Å². The Hall–Kier alpha value is -0.883. The second kappa shape index (κ2) is 8.26. The van der Waals surface area contributed by atoms with Crippen LogP contribution in [0.4, 0.5) is 0 Å². The Labute approximate surface area is 111 Å². The normalized spacial score (nSPS) is 12.7. The van der Waals surface area contributed by atoms with Crippen LogP contribution in [0.3, 0.4) is 0 Å². The van der Waals surface area contributed by atoms with E-state index >= 15 is 0 Å². The largest absolute Gasteiger partial charge is 0.578 e. The highest BCUT2D eigenvalue weighted by atomic mass is 28.3. The van der Waals surface area contributed by atoms with Gasteiger partial charge in [0.1, 0.15) is 5.75 Å². The van der Waals surface area contributed by atoms with E-state index in [-0.39, 0.29) is 6.10 Å². The molecular formula is C13H21O4Si. The van der Waals surface area contributed by atoms with Gasteiger partial charge >= 0.3 is 9.53 Å². The van der Waals surface area contributed by atoms with Gasteiger partial charge in [0.05, 0.1) is 13.2 Å². The monoisotopic (exact) mass is 269 g/mol. The van der Waals surface area contributed by atoms with Crippen molar-refractivity contribution in [3.05, 3.63) is 29.8 Å². The summed E-state index contributed by atoms with van der Waals surface area (Å²) in [7, 11) is 0.0136. The molecule has 0 bridgehead atoms. The van der Waals surface area contributed by atoms with Gasteiger partial charge in [-0.1, -0.05) is 12.1 Å². The molecule has 0 saturated heterocycles. The van der Waals surface area contributed by atoms with Gasteiger partial charge in [-0.05, 0) is 38.5 Å². The highest BCUT2D eigenvalue weighted by Crippen LogP contribution is 2.21. The molecule has 4 nitrogen and oxygen atoms in total. The van der Waals surface area contributed by atoms with Gasteiger partial charge in [-0.2, -0.15) is 0 Å². The summed E-state index contributed by atoms with van der Waals surface area (Å²) in [6.07, 6.45) is -0.0529. The van der Waals surface area contributed by atoms with Crippen molar-refractivity contribution in [2.45, 2.75) is 26.9 Å². The van der Waals surface area contributed by atoms with Gasteiger partial charge < -0.3 is 18.0 Å². The Morgan fingerprint density at radius 3 is 2.06 bits per heavy atom. The molecule has 0 fully saturated rings. The minimum absolute atomic E-state index is 0.0529. The SMILES string of the molecule is CCO[Si](OCC)OC(C)c1ccc(OC)cc1. The summed E-state index contributed by atoms with van der Waals surface area (Å²) in [5.74, 6) is 0.839. The van der Waals surface area contributed by atoms with Crippen molar-refractivity contribution < 1.29 is 18.0 Å². The molecule has 5 heteroatoms. The average molecular weight is 269 g/mol. The minimum atomic E-state index is -1.64. The van der Waals surface area contributed by atoms with Gasteiger partial charge in [0.15, 0.2) is 0 Å². The zero-order chi connectivity index (χ0) is 13.4. The predicted molar refractivity (Wildman–Crippen MR) is 71.5 cm³/mol. The lowest BCUT2D eigenvalue weighted by Crippen LogP contribution is -2.28. The lowest BCUT2D eigenvalue weighted by atomic mass is 10.1. The molecule has 101 valence electrons. The molecule has 0 aliphatic rings. The fourth-order valence-corrected chi connectivity index (χ4v) is 2.55. The molecule has 0 aliphatic heterocycles. The fourth-order valence-electron chi connectivity index (χ4n) is 1.43. The van der Waals surface area contributed by atoms with E-state index in [1.165, 1.54) is 0 Å². The lowest BCUT2D eigenvalue weighted by Gasteiger charge is -2.18. The van der Waals surface area contributed by atoms with Gasteiger partial charge in [0, 0.05) is 13.2 Å². The van der Waals surface area contributed by atoms with Crippen molar-refractivity contribution in [3.63, 3.8) is 0 Å². The number of hydrogen-bond acceptors (Lipinski definition) is 4. The maximum absolute atomic E-state index is 5.81. The topological polar surface area (TPSA) is 36.9 Å². The van der Waals surface area contributed by atoms with Crippen LogP contribution in [0.2, 0.25) is 0 Å². The lowest BCUT2D eigenvalue weighted by molar-refractivity contribution is 0.0700. The third-order valence-electron chi connectivity index (χ3n) is 2.38. The second-order valence-electron chi connectivity index (χ2n) is 3.65. The highest BCUT2D eigenvalue weighted by Gasteiger charge is 2.22. The summed E-state index contributed by atoms with van der Waals surface area (Å²) in [6, 6.07) is 7.81. The number of rotatable bonds is 8. The number of hydrogen-bond donors (Lipinski definition) is 0. The van der Waals surface area contributed by atoms with E-state index in [1.54, 1.807) is 7.11 Å². The van der Waals surface area contributed by atoms with E-state index in [9.17, 15) is 0 Å². The molecule has 18 heavy (non-hydrogen) atoms. The number of benzene rings is 1. The van der Waals surface area contributed by atoms with Crippen molar-refractivity contribution in [2.75, 3.05) is 20.3 Å². The summed E-state index contributed by atoms with van der Waals surface area (Å²) >= 11 is 0. The van der Waals surface area contributed by atoms with Crippen molar-refractivity contribution in [1.82, 2.24) is 0 Å². The van der Waals surface area contributed by atoms with Gasteiger partial charge in [-0.25, -0.2) is 0 Å². The standard InChI is InChI=1S/C13H21O4Si/c1-5-15-18(16-6-2)17-11(3)12-7-9-13(14-4)10-8-12/h7-11H,5-6H2,1-4H3. The van der Waals surface area contributed by atoms with Gasteiger partial charge in [0.2, 0.25) is 0 Å². The third kappa shape index (κ3) is 4.78. The summed E-state index contributed by atoms with van der Waals surface area (Å²) in [6.45, 7) is 7.06. The summed E-state index contributed by atoms with van der Waals surface area (Å²) in [5.41, 5.74) is 1.08. The van der Waals surface area contributed by atoms with Gasteiger partial charge in [0.25, 0.3) is 0 Å². The Morgan fingerprint density at radius 2 is 1.61 bits per heavy atom. The maximum Gasteiger partial charge on any atom is 0.578 e. The molecule has 1 atom stereocenters. The van der Waals surface area contributed by atoms with E-state index < -0.39 is 9.53 Å². The molecule has 0 saturated carbocycles. The molecule has 1 aromatic carbocycles. The van der Waals surface area contributed by atoms with Crippen molar-refractivity contribution in [3.8, 4) is 5.75 Å². The first-order chi connectivity index (χ1) is 8.71. The van der Waals surface area contributed by atoms with E-state index in [0.29, 0.717) is 13.2 Å². The Bertz CT molecular complexity index is 322. The molecule has 1 rings (SSSR count). The molecular weight excluding hydrogens is 248 g/mol. The Morgan fingerprint density at radius 1 is 1.06 bits per heavy atom. The van der Waals surface area contributed by atoms with Crippen LogP contribution >= 0.6 is 0 Å². The van der Waals surface area contributed by atoms with E-state index in [4.69, 9.17) is 18.0 Å². The quantitative estimate of drug-likeness (QED) is 0.680. The van der Waals surface area contributed by atoms with Crippen LogP contribution < -0.4 is 4.74 Å². The van der Waals surface area contributed by atoms with E-state index in [0.717, 1.165) is 11.3 Å². The fraction of sp³-hybridized carbons (Fsp3) is 0.538. The van der Waals surface area contributed by atoms with Crippen LogP contribution in [0.1, 0.15) is 32.4 Å².